The Kier molecular flexibility index (Phi) is 5.16. The first-order chi connectivity index (χ1) is 12.8. The molecule has 26 heavy (non-hydrogen) atoms. The molecule has 1 saturated carbocycles. The maximum absolute atomic E-state index is 12.0. The fourth-order valence-corrected chi connectivity index (χ4v) is 3.53. The van der Waals surface area contributed by atoms with E-state index in [1.807, 2.05) is 16.8 Å². The lowest BCUT2D eigenvalue weighted by Gasteiger charge is -2.32. The highest BCUT2D eigenvalue weighted by atomic mass is 16.2. The summed E-state index contributed by atoms with van der Waals surface area (Å²) in [5.74, 6) is 1.22. The van der Waals surface area contributed by atoms with Gasteiger partial charge < -0.3 is 5.32 Å². The molecule has 0 spiro atoms. The number of carbonyl (C=O) groups is 1. The van der Waals surface area contributed by atoms with Crippen molar-refractivity contribution in [3.8, 4) is 0 Å². The van der Waals surface area contributed by atoms with Crippen LogP contribution in [0.4, 0.5) is 5.82 Å². The number of carbonyl (C=O) groups excluding carboxylic acids is 1. The van der Waals surface area contributed by atoms with Crippen LogP contribution < -0.4 is 5.32 Å². The summed E-state index contributed by atoms with van der Waals surface area (Å²) in [7, 11) is 0. The van der Waals surface area contributed by atoms with Gasteiger partial charge in [-0.15, -0.1) is 0 Å². The maximum Gasteiger partial charge on any atom is 0.228 e. The molecule has 1 N–H and O–H groups in total. The number of aromatic nitrogens is 2. The van der Waals surface area contributed by atoms with Crippen molar-refractivity contribution < 1.29 is 4.79 Å². The Bertz CT molecular complexity index is 755. The van der Waals surface area contributed by atoms with E-state index in [0.717, 1.165) is 51.1 Å². The Morgan fingerprint density at radius 3 is 2.62 bits per heavy atom. The molecule has 1 saturated heterocycles. The number of likely N-dealkylation sites (tertiary alicyclic amines) is 1. The SMILES string of the molecule is O=C(Nc1ccnn1C1CCN(C/C=C/c2ccccc2)CC1)C1CC1. The number of hydrogen-bond acceptors (Lipinski definition) is 3. The second kappa shape index (κ2) is 7.87. The molecule has 2 aromatic rings. The van der Waals surface area contributed by atoms with Crippen LogP contribution in [0.5, 0.6) is 0 Å². The van der Waals surface area contributed by atoms with E-state index in [1.54, 1.807) is 6.20 Å². The molecule has 0 atom stereocenters. The minimum Gasteiger partial charge on any atom is -0.311 e. The summed E-state index contributed by atoms with van der Waals surface area (Å²) in [5, 5.41) is 7.52. The molecule has 5 heteroatoms. The average molecular weight is 350 g/mol. The van der Waals surface area contributed by atoms with E-state index in [2.05, 4.69) is 51.7 Å². The quantitative estimate of drug-likeness (QED) is 0.866. The first-order valence-electron chi connectivity index (χ1n) is 9.58. The Morgan fingerprint density at radius 1 is 1.12 bits per heavy atom. The number of benzene rings is 1. The van der Waals surface area contributed by atoms with Gasteiger partial charge in [-0.05, 0) is 31.2 Å². The van der Waals surface area contributed by atoms with E-state index in [9.17, 15) is 4.79 Å². The van der Waals surface area contributed by atoms with Crippen molar-refractivity contribution in [1.29, 1.82) is 0 Å². The molecular formula is C21H26N4O. The summed E-state index contributed by atoms with van der Waals surface area (Å²) < 4.78 is 2.01. The third-order valence-corrected chi connectivity index (χ3v) is 5.25. The van der Waals surface area contributed by atoms with Crippen molar-refractivity contribution in [3.05, 3.63) is 54.2 Å². The predicted octanol–water partition coefficient (Wildman–Crippen LogP) is 3.58. The Morgan fingerprint density at radius 2 is 1.88 bits per heavy atom. The van der Waals surface area contributed by atoms with Crippen LogP contribution in [-0.4, -0.2) is 40.2 Å². The molecule has 0 unspecified atom stereocenters. The van der Waals surface area contributed by atoms with Gasteiger partial charge in [0.15, 0.2) is 0 Å². The molecular weight excluding hydrogens is 324 g/mol. The number of piperidine rings is 1. The highest BCUT2D eigenvalue weighted by Crippen LogP contribution is 2.31. The van der Waals surface area contributed by atoms with Gasteiger partial charge in [-0.3, -0.25) is 9.69 Å². The van der Waals surface area contributed by atoms with Crippen LogP contribution in [0.1, 0.15) is 37.3 Å². The lowest BCUT2D eigenvalue weighted by Crippen LogP contribution is -2.35. The molecule has 2 aliphatic rings. The van der Waals surface area contributed by atoms with Crippen LogP contribution in [0.2, 0.25) is 0 Å². The summed E-state index contributed by atoms with van der Waals surface area (Å²) in [4.78, 5) is 14.5. The zero-order valence-corrected chi connectivity index (χ0v) is 15.1. The molecule has 1 amide bonds. The molecule has 2 fully saturated rings. The zero-order chi connectivity index (χ0) is 17.8. The third-order valence-electron chi connectivity index (χ3n) is 5.25. The van der Waals surface area contributed by atoms with Gasteiger partial charge in [0.05, 0.1) is 12.2 Å². The molecule has 1 aromatic carbocycles. The largest absolute Gasteiger partial charge is 0.311 e. The topological polar surface area (TPSA) is 50.2 Å². The van der Waals surface area contributed by atoms with Gasteiger partial charge >= 0.3 is 0 Å². The predicted molar refractivity (Wildman–Crippen MR) is 104 cm³/mol. The molecule has 0 bridgehead atoms. The molecule has 5 nitrogen and oxygen atoms in total. The monoisotopic (exact) mass is 350 g/mol. The summed E-state index contributed by atoms with van der Waals surface area (Å²) in [6.45, 7) is 3.09. The molecule has 136 valence electrons. The van der Waals surface area contributed by atoms with Gasteiger partial charge in [-0.25, -0.2) is 4.68 Å². The van der Waals surface area contributed by atoms with Crippen LogP contribution in [0.15, 0.2) is 48.7 Å². The molecule has 1 aliphatic carbocycles. The highest BCUT2D eigenvalue weighted by Gasteiger charge is 2.31. The number of rotatable bonds is 6. The number of nitrogens with one attached hydrogen (secondary N) is 1. The fourth-order valence-electron chi connectivity index (χ4n) is 3.53. The number of amides is 1. The maximum atomic E-state index is 12.0. The Labute approximate surface area is 154 Å². The number of hydrogen-bond donors (Lipinski definition) is 1. The van der Waals surface area contributed by atoms with Crippen molar-refractivity contribution in [3.63, 3.8) is 0 Å². The Hall–Kier alpha value is -2.40. The Balaban J connectivity index is 1.28. The van der Waals surface area contributed by atoms with Crippen molar-refractivity contribution in [1.82, 2.24) is 14.7 Å². The molecule has 1 aliphatic heterocycles. The van der Waals surface area contributed by atoms with Crippen LogP contribution in [0.3, 0.4) is 0 Å². The average Bonchev–Trinajstić information content (AvgIpc) is 3.43. The van der Waals surface area contributed by atoms with E-state index >= 15 is 0 Å². The van der Waals surface area contributed by atoms with Crippen LogP contribution in [-0.2, 0) is 4.79 Å². The summed E-state index contributed by atoms with van der Waals surface area (Å²) in [6, 6.07) is 12.7. The standard InChI is InChI=1S/C21H26N4O/c26-21(18-8-9-18)23-20-10-13-22-25(20)19-11-15-24(16-12-19)14-4-7-17-5-2-1-3-6-17/h1-7,10,13,18-19H,8-9,11-12,14-16H2,(H,23,26)/b7-4+. The smallest absolute Gasteiger partial charge is 0.228 e. The van der Waals surface area contributed by atoms with E-state index in [4.69, 9.17) is 0 Å². The van der Waals surface area contributed by atoms with Crippen molar-refractivity contribution in [2.45, 2.75) is 31.7 Å². The van der Waals surface area contributed by atoms with E-state index < -0.39 is 0 Å². The van der Waals surface area contributed by atoms with E-state index in [0.29, 0.717) is 6.04 Å². The second-order valence-electron chi connectivity index (χ2n) is 7.27. The highest BCUT2D eigenvalue weighted by molar-refractivity contribution is 5.93. The van der Waals surface area contributed by atoms with Gasteiger partial charge in [0.25, 0.3) is 0 Å². The van der Waals surface area contributed by atoms with Crippen LogP contribution in [0, 0.1) is 5.92 Å². The lowest BCUT2D eigenvalue weighted by atomic mass is 10.1. The number of nitrogens with zero attached hydrogens (tertiary/aromatic N) is 3. The summed E-state index contributed by atoms with van der Waals surface area (Å²) in [6.07, 6.45) is 10.4. The second-order valence-corrected chi connectivity index (χ2v) is 7.27. The fraction of sp³-hybridized carbons (Fsp3) is 0.429. The van der Waals surface area contributed by atoms with Gasteiger partial charge in [0.1, 0.15) is 5.82 Å². The third kappa shape index (κ3) is 4.22. The normalized spacial score (nSPS) is 19.1. The summed E-state index contributed by atoms with van der Waals surface area (Å²) >= 11 is 0. The summed E-state index contributed by atoms with van der Waals surface area (Å²) in [5.41, 5.74) is 1.25. The number of anilines is 1. The molecule has 1 aromatic heterocycles. The first-order valence-corrected chi connectivity index (χ1v) is 9.58. The van der Waals surface area contributed by atoms with E-state index in [1.165, 1.54) is 5.56 Å². The minimum atomic E-state index is 0.148. The van der Waals surface area contributed by atoms with Crippen LogP contribution in [0.25, 0.3) is 6.08 Å². The molecule has 4 rings (SSSR count). The zero-order valence-electron chi connectivity index (χ0n) is 15.1. The van der Waals surface area contributed by atoms with Crippen molar-refractivity contribution in [2.24, 2.45) is 5.92 Å². The van der Waals surface area contributed by atoms with Gasteiger partial charge in [0.2, 0.25) is 5.91 Å². The van der Waals surface area contributed by atoms with Crippen molar-refractivity contribution in [2.75, 3.05) is 25.0 Å². The first kappa shape index (κ1) is 17.0. The minimum absolute atomic E-state index is 0.148. The van der Waals surface area contributed by atoms with Gasteiger partial charge in [-0.1, -0.05) is 42.5 Å². The molecule has 0 radical (unpaired) electrons. The van der Waals surface area contributed by atoms with E-state index in [-0.39, 0.29) is 11.8 Å². The van der Waals surface area contributed by atoms with Crippen molar-refractivity contribution >= 4 is 17.8 Å². The van der Waals surface area contributed by atoms with Gasteiger partial charge in [-0.2, -0.15) is 5.10 Å². The molecule has 2 heterocycles. The lowest BCUT2D eigenvalue weighted by molar-refractivity contribution is -0.117. The van der Waals surface area contributed by atoms with Crippen LogP contribution >= 0.6 is 0 Å². The van der Waals surface area contributed by atoms with Gasteiger partial charge in [0, 0.05) is 31.6 Å².